The van der Waals surface area contributed by atoms with E-state index >= 15 is 0 Å². The number of hydrogen-bond acceptors (Lipinski definition) is 5. The van der Waals surface area contributed by atoms with Crippen LogP contribution in [0.15, 0.2) is 79.0 Å². The standard InChI is InChI=1S/C34H39N5O2/c1-8-39(22(2)3)32(41)25-14-18-27(19-15-25)36-33-35-21-20-30(38-33)28-10-9-11-29(23(28)4)37-31(40)24-12-16-26(17-13-24)34(5,6)7/h9-22H,8H2,1-7H3,(H,37,40)(H,35,36,38). The molecule has 1 aromatic heterocycles. The number of hydrogen-bond donors (Lipinski definition) is 2. The molecule has 2 amide bonds. The van der Waals surface area contributed by atoms with Crippen molar-refractivity contribution in [1.82, 2.24) is 14.9 Å². The van der Waals surface area contributed by atoms with E-state index in [1.54, 1.807) is 6.20 Å². The summed E-state index contributed by atoms with van der Waals surface area (Å²) in [6.45, 7) is 15.1. The Bertz CT molecular complexity index is 1520. The maximum Gasteiger partial charge on any atom is 0.255 e. The fourth-order valence-corrected chi connectivity index (χ4v) is 4.67. The molecule has 0 aliphatic heterocycles. The third-order valence-electron chi connectivity index (χ3n) is 7.14. The molecule has 7 heteroatoms. The molecule has 0 saturated heterocycles. The van der Waals surface area contributed by atoms with Crippen molar-refractivity contribution >= 4 is 29.1 Å². The third-order valence-corrected chi connectivity index (χ3v) is 7.14. The highest BCUT2D eigenvalue weighted by molar-refractivity contribution is 6.05. The smallest absolute Gasteiger partial charge is 0.255 e. The van der Waals surface area contributed by atoms with Gasteiger partial charge >= 0.3 is 0 Å². The van der Waals surface area contributed by atoms with Gasteiger partial charge in [-0.15, -0.1) is 0 Å². The quantitative estimate of drug-likeness (QED) is 0.236. The van der Waals surface area contributed by atoms with E-state index in [0.29, 0.717) is 23.6 Å². The van der Waals surface area contributed by atoms with Crippen LogP contribution in [0, 0.1) is 6.92 Å². The van der Waals surface area contributed by atoms with Gasteiger partial charge in [-0.25, -0.2) is 9.97 Å². The minimum atomic E-state index is -0.159. The van der Waals surface area contributed by atoms with Crippen LogP contribution in [0.1, 0.15) is 73.4 Å². The van der Waals surface area contributed by atoms with Gasteiger partial charge in [0, 0.05) is 46.8 Å². The predicted octanol–water partition coefficient (Wildman–Crippen LogP) is 7.62. The average Bonchev–Trinajstić information content (AvgIpc) is 2.94. The zero-order valence-corrected chi connectivity index (χ0v) is 24.9. The molecule has 0 spiro atoms. The molecule has 7 nitrogen and oxygen atoms in total. The Morgan fingerprint density at radius 2 is 1.56 bits per heavy atom. The molecule has 0 fully saturated rings. The molecular formula is C34H39N5O2. The molecule has 0 aliphatic carbocycles. The van der Waals surface area contributed by atoms with E-state index in [1.807, 2.05) is 105 Å². The monoisotopic (exact) mass is 549 g/mol. The lowest BCUT2D eigenvalue weighted by molar-refractivity contribution is 0.0716. The SMILES string of the molecule is CCN(C(=O)c1ccc(Nc2nccc(-c3cccc(NC(=O)c4ccc(C(C)(C)C)cc4)c3C)n2)cc1)C(C)C. The van der Waals surface area contributed by atoms with Gasteiger partial charge in [0.15, 0.2) is 0 Å². The predicted molar refractivity (Wildman–Crippen MR) is 167 cm³/mol. The number of aromatic nitrogens is 2. The molecular weight excluding hydrogens is 510 g/mol. The van der Waals surface area contributed by atoms with Crippen LogP contribution < -0.4 is 10.6 Å². The second-order valence-electron chi connectivity index (χ2n) is 11.4. The van der Waals surface area contributed by atoms with Gasteiger partial charge in [-0.1, -0.05) is 45.0 Å². The van der Waals surface area contributed by atoms with Gasteiger partial charge in [0.05, 0.1) is 5.69 Å². The van der Waals surface area contributed by atoms with E-state index in [2.05, 4.69) is 36.4 Å². The van der Waals surface area contributed by atoms with E-state index in [-0.39, 0.29) is 23.3 Å². The Balaban J connectivity index is 1.50. The highest BCUT2D eigenvalue weighted by Gasteiger charge is 2.18. The number of nitrogens with one attached hydrogen (secondary N) is 2. The van der Waals surface area contributed by atoms with Crippen LogP contribution >= 0.6 is 0 Å². The molecule has 0 unspecified atom stereocenters. The van der Waals surface area contributed by atoms with Crippen molar-refractivity contribution in [3.05, 3.63) is 101 Å². The Labute approximate surface area is 243 Å². The van der Waals surface area contributed by atoms with Gasteiger partial charge in [-0.3, -0.25) is 9.59 Å². The molecule has 0 atom stereocenters. The number of rotatable bonds is 8. The third kappa shape index (κ3) is 6.98. The summed E-state index contributed by atoms with van der Waals surface area (Å²) in [5.74, 6) is 0.288. The fraction of sp³-hybridized carbons (Fsp3) is 0.294. The van der Waals surface area contributed by atoms with E-state index in [0.717, 1.165) is 28.2 Å². The Hall–Kier alpha value is -4.52. The minimum Gasteiger partial charge on any atom is -0.337 e. The van der Waals surface area contributed by atoms with Crippen LogP contribution in [0.3, 0.4) is 0 Å². The first-order valence-corrected chi connectivity index (χ1v) is 14.0. The van der Waals surface area contributed by atoms with E-state index in [4.69, 9.17) is 4.98 Å². The first-order chi connectivity index (χ1) is 19.5. The lowest BCUT2D eigenvalue weighted by Gasteiger charge is -2.25. The summed E-state index contributed by atoms with van der Waals surface area (Å²) in [6, 6.07) is 22.8. The van der Waals surface area contributed by atoms with Crippen LogP contribution in [0.25, 0.3) is 11.3 Å². The number of carbonyl (C=O) groups excluding carboxylic acids is 2. The van der Waals surface area contributed by atoms with Crippen LogP contribution in [0.5, 0.6) is 0 Å². The first-order valence-electron chi connectivity index (χ1n) is 14.0. The summed E-state index contributed by atoms with van der Waals surface area (Å²) in [5.41, 5.74) is 6.49. The van der Waals surface area contributed by atoms with Gasteiger partial charge < -0.3 is 15.5 Å². The average molecular weight is 550 g/mol. The van der Waals surface area contributed by atoms with Gasteiger partial charge in [-0.05, 0) is 92.8 Å². The highest BCUT2D eigenvalue weighted by atomic mass is 16.2. The molecule has 41 heavy (non-hydrogen) atoms. The molecule has 0 bridgehead atoms. The molecule has 0 aliphatic rings. The normalized spacial score (nSPS) is 11.3. The van der Waals surface area contributed by atoms with E-state index in [1.165, 1.54) is 5.56 Å². The van der Waals surface area contributed by atoms with Crippen molar-refractivity contribution < 1.29 is 9.59 Å². The van der Waals surface area contributed by atoms with E-state index < -0.39 is 0 Å². The number of benzene rings is 3. The molecule has 212 valence electrons. The molecule has 0 saturated carbocycles. The first kappa shape index (κ1) is 29.5. The molecule has 4 rings (SSSR count). The Kier molecular flexibility index (Phi) is 8.86. The van der Waals surface area contributed by atoms with Crippen LogP contribution in [-0.2, 0) is 5.41 Å². The number of amides is 2. The lowest BCUT2D eigenvalue weighted by Crippen LogP contribution is -2.36. The van der Waals surface area contributed by atoms with Crippen molar-refractivity contribution in [3.8, 4) is 11.3 Å². The lowest BCUT2D eigenvalue weighted by atomic mass is 9.86. The van der Waals surface area contributed by atoms with Gasteiger partial charge in [0.1, 0.15) is 0 Å². The number of nitrogens with zero attached hydrogens (tertiary/aromatic N) is 3. The van der Waals surface area contributed by atoms with Crippen molar-refractivity contribution in [2.75, 3.05) is 17.2 Å². The topological polar surface area (TPSA) is 87.2 Å². The molecule has 1 heterocycles. The summed E-state index contributed by atoms with van der Waals surface area (Å²) in [5, 5.41) is 6.29. The highest BCUT2D eigenvalue weighted by Crippen LogP contribution is 2.29. The second-order valence-corrected chi connectivity index (χ2v) is 11.4. The summed E-state index contributed by atoms with van der Waals surface area (Å²) in [6.07, 6.45) is 1.70. The fourth-order valence-electron chi connectivity index (χ4n) is 4.67. The maximum absolute atomic E-state index is 13.0. The van der Waals surface area contributed by atoms with Crippen LogP contribution in [0.4, 0.5) is 17.3 Å². The largest absolute Gasteiger partial charge is 0.337 e. The van der Waals surface area contributed by atoms with Crippen LogP contribution in [0.2, 0.25) is 0 Å². The molecule has 2 N–H and O–H groups in total. The molecule has 4 aromatic rings. The van der Waals surface area contributed by atoms with Crippen LogP contribution in [-0.4, -0.2) is 39.3 Å². The van der Waals surface area contributed by atoms with Gasteiger partial charge in [0.25, 0.3) is 11.8 Å². The number of carbonyl (C=O) groups is 2. The summed E-state index contributed by atoms with van der Waals surface area (Å²) in [4.78, 5) is 36.7. The Morgan fingerprint density at radius 1 is 0.902 bits per heavy atom. The van der Waals surface area contributed by atoms with Crippen molar-refractivity contribution in [3.63, 3.8) is 0 Å². The zero-order valence-electron chi connectivity index (χ0n) is 24.9. The number of anilines is 3. The maximum atomic E-state index is 13.0. The molecule has 3 aromatic carbocycles. The van der Waals surface area contributed by atoms with Crippen molar-refractivity contribution in [2.24, 2.45) is 0 Å². The minimum absolute atomic E-state index is 0.0108. The van der Waals surface area contributed by atoms with Crippen molar-refractivity contribution in [2.45, 2.75) is 59.9 Å². The zero-order chi connectivity index (χ0) is 29.7. The van der Waals surface area contributed by atoms with E-state index in [9.17, 15) is 9.59 Å². The summed E-state index contributed by atoms with van der Waals surface area (Å²) in [7, 11) is 0. The Morgan fingerprint density at radius 3 is 2.17 bits per heavy atom. The molecule has 0 radical (unpaired) electrons. The summed E-state index contributed by atoms with van der Waals surface area (Å²) < 4.78 is 0. The van der Waals surface area contributed by atoms with Crippen molar-refractivity contribution in [1.29, 1.82) is 0 Å². The van der Waals surface area contributed by atoms with Gasteiger partial charge in [0.2, 0.25) is 5.95 Å². The summed E-state index contributed by atoms with van der Waals surface area (Å²) >= 11 is 0. The van der Waals surface area contributed by atoms with Gasteiger partial charge in [-0.2, -0.15) is 0 Å². The second kappa shape index (κ2) is 12.3.